The maximum absolute atomic E-state index is 13.3. The van der Waals surface area contributed by atoms with Gasteiger partial charge < -0.3 is 19.1 Å². The zero-order valence-corrected chi connectivity index (χ0v) is 19.0. The lowest BCUT2D eigenvalue weighted by molar-refractivity contribution is -0.139. The highest BCUT2D eigenvalue weighted by atomic mass is 35.5. The number of fused-ring (bicyclic) bond motifs is 1. The Hall–Kier alpha value is -3.52. The van der Waals surface area contributed by atoms with Crippen LogP contribution < -0.4 is 4.74 Å². The number of aryl methyl sites for hydroxylation is 2. The van der Waals surface area contributed by atoms with Gasteiger partial charge in [-0.1, -0.05) is 41.0 Å². The quantitative estimate of drug-likeness (QED) is 0.557. The number of ether oxygens (including phenoxy) is 2. The molecule has 1 N–H and O–H groups in total. The van der Waals surface area contributed by atoms with Crippen LogP contribution in [0.25, 0.3) is 0 Å². The molecule has 8 nitrogen and oxygen atoms in total. The number of amides is 1. The summed E-state index contributed by atoms with van der Waals surface area (Å²) in [5.74, 6) is -0.164. The summed E-state index contributed by atoms with van der Waals surface area (Å²) in [7, 11) is 0. The normalized spacial score (nSPS) is 15.1. The van der Waals surface area contributed by atoms with Crippen LogP contribution in [0.5, 0.6) is 5.75 Å². The van der Waals surface area contributed by atoms with Crippen LogP contribution in [0, 0.1) is 13.8 Å². The highest BCUT2D eigenvalue weighted by Gasteiger charge is 2.35. The van der Waals surface area contributed by atoms with Crippen LogP contribution in [0.3, 0.4) is 0 Å². The fourth-order valence-corrected chi connectivity index (χ4v) is 4.21. The van der Waals surface area contributed by atoms with Gasteiger partial charge in [-0.3, -0.25) is 4.90 Å². The lowest BCUT2D eigenvalue weighted by atomic mass is 9.88. The van der Waals surface area contributed by atoms with Gasteiger partial charge in [-0.15, -0.1) is 0 Å². The fourth-order valence-electron chi connectivity index (χ4n) is 4.03. The van der Waals surface area contributed by atoms with Gasteiger partial charge in [0.2, 0.25) is 0 Å². The molecule has 0 fully saturated rings. The topological polar surface area (TPSA) is 102 Å². The number of halogens is 1. The van der Waals surface area contributed by atoms with Crippen molar-refractivity contribution in [2.24, 2.45) is 0 Å². The predicted molar refractivity (Wildman–Crippen MR) is 119 cm³/mol. The molecule has 172 valence electrons. The number of carboxylic acids is 1. The van der Waals surface area contributed by atoms with E-state index in [1.807, 2.05) is 24.3 Å². The smallest absolute Gasteiger partial charge is 0.410 e. The Bertz CT molecular complexity index is 1170. The van der Waals surface area contributed by atoms with Crippen molar-refractivity contribution in [3.05, 3.63) is 81.2 Å². The van der Waals surface area contributed by atoms with E-state index in [2.05, 4.69) is 5.16 Å². The van der Waals surface area contributed by atoms with E-state index in [1.54, 1.807) is 36.9 Å². The molecular weight excluding hydrogens is 448 g/mol. The Kier molecular flexibility index (Phi) is 6.55. The Balaban J connectivity index is 1.70. The number of benzene rings is 2. The molecule has 0 aliphatic carbocycles. The first-order valence-corrected chi connectivity index (χ1v) is 10.8. The first kappa shape index (κ1) is 22.7. The Labute approximate surface area is 195 Å². The van der Waals surface area contributed by atoms with E-state index >= 15 is 0 Å². The van der Waals surface area contributed by atoms with Crippen molar-refractivity contribution in [1.29, 1.82) is 0 Å². The summed E-state index contributed by atoms with van der Waals surface area (Å²) >= 11 is 6.29. The van der Waals surface area contributed by atoms with Crippen molar-refractivity contribution < 1.29 is 28.7 Å². The lowest BCUT2D eigenvalue weighted by Gasteiger charge is -2.37. The van der Waals surface area contributed by atoms with E-state index in [1.165, 1.54) is 0 Å². The van der Waals surface area contributed by atoms with Gasteiger partial charge in [0, 0.05) is 17.1 Å². The van der Waals surface area contributed by atoms with E-state index in [0.717, 1.165) is 16.7 Å². The van der Waals surface area contributed by atoms with Crippen molar-refractivity contribution >= 4 is 23.7 Å². The fraction of sp³-hybridized carbons (Fsp3) is 0.292. The third kappa shape index (κ3) is 4.80. The third-order valence-corrected chi connectivity index (χ3v) is 5.89. The molecular formula is C24H23ClN2O6. The second-order valence-corrected chi connectivity index (χ2v) is 8.20. The number of hydrogen-bond donors (Lipinski definition) is 1. The highest BCUT2D eigenvalue weighted by molar-refractivity contribution is 6.30. The molecule has 0 radical (unpaired) electrons. The number of nitrogens with zero attached hydrogens (tertiary/aromatic N) is 2. The van der Waals surface area contributed by atoms with Crippen LogP contribution in [0.15, 0.2) is 47.0 Å². The van der Waals surface area contributed by atoms with E-state index in [0.29, 0.717) is 40.8 Å². The summed E-state index contributed by atoms with van der Waals surface area (Å²) in [5.41, 5.74) is 3.97. The maximum atomic E-state index is 13.3. The molecule has 1 atom stereocenters. The molecule has 4 rings (SSSR count). The summed E-state index contributed by atoms with van der Waals surface area (Å²) in [6, 6.07) is 12.2. The molecule has 0 saturated carbocycles. The van der Waals surface area contributed by atoms with E-state index in [4.69, 9.17) is 30.7 Å². The molecule has 9 heteroatoms. The predicted octanol–water partition coefficient (Wildman–Crippen LogP) is 4.69. The molecule has 1 aromatic heterocycles. The highest BCUT2D eigenvalue weighted by Crippen LogP contribution is 2.40. The molecule has 0 unspecified atom stereocenters. The average molecular weight is 471 g/mol. The van der Waals surface area contributed by atoms with E-state index in [9.17, 15) is 9.59 Å². The Morgan fingerprint density at radius 3 is 2.73 bits per heavy atom. The monoisotopic (exact) mass is 470 g/mol. The number of carbonyl (C=O) groups is 2. The van der Waals surface area contributed by atoms with Crippen LogP contribution in [0.1, 0.15) is 39.7 Å². The van der Waals surface area contributed by atoms with Gasteiger partial charge in [-0.25, -0.2) is 9.59 Å². The summed E-state index contributed by atoms with van der Waals surface area (Å²) in [5, 5.41) is 13.4. The Morgan fingerprint density at radius 2 is 2.00 bits per heavy atom. The Morgan fingerprint density at radius 1 is 1.21 bits per heavy atom. The number of hydrogen-bond acceptors (Lipinski definition) is 6. The molecule has 1 aliphatic heterocycles. The van der Waals surface area contributed by atoms with Gasteiger partial charge in [0.25, 0.3) is 0 Å². The second-order valence-electron chi connectivity index (χ2n) is 7.77. The summed E-state index contributed by atoms with van der Waals surface area (Å²) < 4.78 is 16.3. The minimum atomic E-state index is -1.10. The van der Waals surface area contributed by atoms with Crippen LogP contribution >= 0.6 is 11.6 Å². The SMILES string of the molecule is Cc1noc(C)c1COC(=O)N1CCc2ccccc2[C@H]1c1cc(Cl)ccc1OCC(=O)O. The van der Waals surface area contributed by atoms with Crippen LogP contribution in [-0.2, 0) is 22.6 Å². The minimum absolute atomic E-state index is 0.0305. The zero-order valence-electron chi connectivity index (χ0n) is 18.2. The average Bonchev–Trinajstić information content (AvgIpc) is 3.12. The van der Waals surface area contributed by atoms with Gasteiger partial charge in [0.1, 0.15) is 18.1 Å². The lowest BCUT2D eigenvalue weighted by Crippen LogP contribution is -2.41. The third-order valence-electron chi connectivity index (χ3n) is 5.66. The van der Waals surface area contributed by atoms with Gasteiger partial charge in [0.15, 0.2) is 6.61 Å². The molecule has 0 saturated heterocycles. The molecule has 1 aliphatic rings. The number of carboxylic acid groups (broad SMARTS) is 1. The molecule has 0 spiro atoms. The minimum Gasteiger partial charge on any atom is -0.482 e. The van der Waals surface area contributed by atoms with Crippen LogP contribution in [-0.4, -0.2) is 40.4 Å². The molecule has 2 aromatic carbocycles. The molecule has 33 heavy (non-hydrogen) atoms. The van der Waals surface area contributed by atoms with Crippen molar-refractivity contribution in [2.75, 3.05) is 13.2 Å². The molecule has 1 amide bonds. The van der Waals surface area contributed by atoms with Crippen molar-refractivity contribution in [3.8, 4) is 5.75 Å². The van der Waals surface area contributed by atoms with Gasteiger partial charge in [0.05, 0.1) is 17.3 Å². The van der Waals surface area contributed by atoms with Crippen LogP contribution in [0.2, 0.25) is 5.02 Å². The van der Waals surface area contributed by atoms with Crippen LogP contribution in [0.4, 0.5) is 4.79 Å². The van der Waals surface area contributed by atoms with Gasteiger partial charge in [-0.2, -0.15) is 0 Å². The zero-order chi connectivity index (χ0) is 23.5. The van der Waals surface area contributed by atoms with Crippen molar-refractivity contribution in [1.82, 2.24) is 10.1 Å². The molecule has 0 bridgehead atoms. The van der Waals surface area contributed by atoms with E-state index in [-0.39, 0.29) is 6.61 Å². The summed E-state index contributed by atoms with van der Waals surface area (Å²) in [6.07, 6.45) is 0.137. The number of rotatable bonds is 6. The second kappa shape index (κ2) is 9.54. The first-order valence-electron chi connectivity index (χ1n) is 10.4. The van der Waals surface area contributed by atoms with Gasteiger partial charge in [-0.05, 0) is 49.6 Å². The summed E-state index contributed by atoms with van der Waals surface area (Å²) in [6.45, 7) is 3.48. The van der Waals surface area contributed by atoms with E-state index < -0.39 is 24.7 Å². The maximum Gasteiger partial charge on any atom is 0.410 e. The summed E-state index contributed by atoms with van der Waals surface area (Å²) in [4.78, 5) is 26.0. The van der Waals surface area contributed by atoms with Gasteiger partial charge >= 0.3 is 12.1 Å². The number of aromatic nitrogens is 1. The van der Waals surface area contributed by atoms with Crippen molar-refractivity contribution in [2.45, 2.75) is 32.9 Å². The van der Waals surface area contributed by atoms with Crippen molar-refractivity contribution in [3.63, 3.8) is 0 Å². The first-order chi connectivity index (χ1) is 15.8. The number of aliphatic carboxylic acids is 1. The molecule has 3 aromatic rings. The number of carbonyl (C=O) groups excluding carboxylic acids is 1. The molecule has 2 heterocycles. The largest absolute Gasteiger partial charge is 0.482 e. The standard InChI is InChI=1S/C24H23ClN2O6/c1-14-20(15(2)33-26-14)12-32-24(30)27-10-9-16-5-3-4-6-18(16)23(27)19-11-17(25)7-8-21(19)31-13-22(28)29/h3-8,11,23H,9-10,12-13H2,1-2H3,(H,28,29)/t23-/m0/s1.